The Labute approximate surface area is 183 Å². The lowest BCUT2D eigenvalue weighted by Crippen LogP contribution is -2.47. The number of aliphatic hydroxyl groups is 1. The molecule has 0 amide bonds. The van der Waals surface area contributed by atoms with E-state index in [-0.39, 0.29) is 37.1 Å². The second kappa shape index (κ2) is 12.5. The van der Waals surface area contributed by atoms with Crippen LogP contribution in [-0.4, -0.2) is 60.4 Å². The highest BCUT2D eigenvalue weighted by Gasteiger charge is 2.18. The van der Waals surface area contributed by atoms with E-state index in [4.69, 9.17) is 4.74 Å². The Bertz CT molecular complexity index is 726. The summed E-state index contributed by atoms with van der Waals surface area (Å²) in [6.07, 6.45) is 0.0746. The molecule has 1 aliphatic rings. The molecule has 1 unspecified atom stereocenters. The Morgan fingerprint density at radius 3 is 2.21 bits per heavy atom. The number of nitro groups is 1. The third-order valence-electron chi connectivity index (χ3n) is 4.76. The quantitative estimate of drug-likeness (QED) is 0.497. The maximum atomic E-state index is 10.6. The maximum absolute atomic E-state index is 10.6. The van der Waals surface area contributed by atoms with Crippen LogP contribution in [0.2, 0.25) is 0 Å². The fraction of sp³-hybridized carbons (Fsp3) is 0.400. The number of nitrogens with zero attached hydrogens (tertiary/aromatic N) is 3. The van der Waals surface area contributed by atoms with E-state index in [9.17, 15) is 15.2 Å². The first-order valence-corrected chi connectivity index (χ1v) is 9.19. The molecule has 0 aliphatic carbocycles. The number of aliphatic hydroxyl groups excluding tert-OH is 1. The van der Waals surface area contributed by atoms with Gasteiger partial charge in [-0.2, -0.15) is 0 Å². The molecule has 0 spiro atoms. The smallest absolute Gasteiger partial charge is 0.269 e. The van der Waals surface area contributed by atoms with Gasteiger partial charge in [0.15, 0.2) is 0 Å². The molecular formula is C20H27Cl2N3O4. The lowest BCUT2D eigenvalue weighted by Gasteiger charge is -2.36. The predicted octanol–water partition coefficient (Wildman–Crippen LogP) is 3.39. The van der Waals surface area contributed by atoms with Gasteiger partial charge < -0.3 is 14.7 Å². The van der Waals surface area contributed by atoms with E-state index in [0.29, 0.717) is 12.2 Å². The van der Waals surface area contributed by atoms with Crippen molar-refractivity contribution in [2.45, 2.75) is 12.5 Å². The topological polar surface area (TPSA) is 79.1 Å². The average Bonchev–Trinajstić information content (AvgIpc) is 2.72. The number of nitro benzene ring substituents is 1. The van der Waals surface area contributed by atoms with Crippen molar-refractivity contribution >= 4 is 36.2 Å². The van der Waals surface area contributed by atoms with Crippen LogP contribution in [0.3, 0.4) is 0 Å². The molecule has 2 aromatic carbocycles. The number of piperazine rings is 1. The second-order valence-electron chi connectivity index (χ2n) is 6.67. The van der Waals surface area contributed by atoms with Crippen LogP contribution in [-0.2, 0) is 0 Å². The standard InChI is InChI=1S/C20H25N3O4.2ClH/c24-19(16-27-20-8-6-18(7-9-20)23(25)26)10-11-21-12-14-22(15-13-21)17-4-2-1-3-5-17;;/h1-9,19,24H,10-16H2;2*1H. The van der Waals surface area contributed by atoms with Gasteiger partial charge in [0.25, 0.3) is 5.69 Å². The molecular weight excluding hydrogens is 417 g/mol. The lowest BCUT2D eigenvalue weighted by molar-refractivity contribution is -0.384. The highest BCUT2D eigenvalue weighted by atomic mass is 35.5. The Morgan fingerprint density at radius 2 is 1.62 bits per heavy atom. The van der Waals surface area contributed by atoms with Gasteiger partial charge in [-0.25, -0.2) is 0 Å². The Hall–Kier alpha value is -2.06. The van der Waals surface area contributed by atoms with Gasteiger partial charge in [0.1, 0.15) is 12.4 Å². The van der Waals surface area contributed by atoms with Crippen molar-refractivity contribution in [2.75, 3.05) is 44.2 Å². The molecule has 0 radical (unpaired) electrons. The Balaban J connectivity index is 0.00000210. The van der Waals surface area contributed by atoms with E-state index in [1.165, 1.54) is 17.8 Å². The average molecular weight is 444 g/mol. The predicted molar refractivity (Wildman–Crippen MR) is 119 cm³/mol. The van der Waals surface area contributed by atoms with Crippen molar-refractivity contribution in [1.29, 1.82) is 0 Å². The number of hydrogen-bond donors (Lipinski definition) is 1. The first-order valence-electron chi connectivity index (χ1n) is 9.19. The van der Waals surface area contributed by atoms with E-state index in [2.05, 4.69) is 34.1 Å². The van der Waals surface area contributed by atoms with Crippen LogP contribution >= 0.6 is 24.8 Å². The number of benzene rings is 2. The summed E-state index contributed by atoms with van der Waals surface area (Å²) in [6, 6.07) is 16.3. The van der Waals surface area contributed by atoms with Crippen molar-refractivity contribution < 1.29 is 14.8 Å². The summed E-state index contributed by atoms with van der Waals surface area (Å²) in [5.74, 6) is 0.524. The van der Waals surface area contributed by atoms with Crippen LogP contribution in [0.15, 0.2) is 54.6 Å². The molecule has 1 aliphatic heterocycles. The minimum atomic E-state index is -0.563. The summed E-state index contributed by atoms with van der Waals surface area (Å²) in [7, 11) is 0. The van der Waals surface area contributed by atoms with E-state index < -0.39 is 11.0 Å². The van der Waals surface area contributed by atoms with Gasteiger partial charge in [-0.05, 0) is 30.7 Å². The van der Waals surface area contributed by atoms with E-state index in [1.54, 1.807) is 12.1 Å². The molecule has 1 fully saturated rings. The molecule has 160 valence electrons. The molecule has 0 bridgehead atoms. The molecule has 0 saturated carbocycles. The molecule has 1 heterocycles. The molecule has 3 rings (SSSR count). The molecule has 1 saturated heterocycles. The molecule has 7 nitrogen and oxygen atoms in total. The first kappa shape index (κ1) is 25.0. The fourth-order valence-corrected chi connectivity index (χ4v) is 3.14. The second-order valence-corrected chi connectivity index (χ2v) is 6.67. The van der Waals surface area contributed by atoms with Gasteiger partial charge in [0, 0.05) is 50.5 Å². The van der Waals surface area contributed by atoms with Crippen molar-refractivity contribution in [1.82, 2.24) is 4.90 Å². The number of ether oxygens (including phenoxy) is 1. The largest absolute Gasteiger partial charge is 0.491 e. The van der Waals surface area contributed by atoms with Gasteiger partial charge in [-0.1, -0.05) is 18.2 Å². The van der Waals surface area contributed by atoms with Gasteiger partial charge in [-0.15, -0.1) is 24.8 Å². The monoisotopic (exact) mass is 443 g/mol. The van der Waals surface area contributed by atoms with Crippen molar-refractivity contribution in [3.8, 4) is 5.75 Å². The lowest BCUT2D eigenvalue weighted by atomic mass is 10.2. The summed E-state index contributed by atoms with van der Waals surface area (Å²) >= 11 is 0. The van der Waals surface area contributed by atoms with Gasteiger partial charge in [-0.3, -0.25) is 15.0 Å². The first-order chi connectivity index (χ1) is 13.1. The maximum Gasteiger partial charge on any atom is 0.269 e. The van der Waals surface area contributed by atoms with Crippen molar-refractivity contribution in [3.63, 3.8) is 0 Å². The van der Waals surface area contributed by atoms with Crippen LogP contribution in [0.5, 0.6) is 5.75 Å². The van der Waals surface area contributed by atoms with E-state index in [1.807, 2.05) is 6.07 Å². The van der Waals surface area contributed by atoms with Crippen molar-refractivity contribution in [2.24, 2.45) is 0 Å². The number of anilines is 1. The fourth-order valence-electron chi connectivity index (χ4n) is 3.14. The molecule has 1 atom stereocenters. The Morgan fingerprint density at radius 1 is 1.00 bits per heavy atom. The van der Waals surface area contributed by atoms with Gasteiger partial charge >= 0.3 is 0 Å². The molecule has 1 N–H and O–H groups in total. The normalized spacial score (nSPS) is 15.0. The van der Waals surface area contributed by atoms with Crippen LogP contribution < -0.4 is 9.64 Å². The van der Waals surface area contributed by atoms with Gasteiger partial charge in [0.2, 0.25) is 0 Å². The minimum absolute atomic E-state index is 0. The third kappa shape index (κ3) is 7.70. The summed E-state index contributed by atoms with van der Waals surface area (Å²) in [5.41, 5.74) is 1.28. The van der Waals surface area contributed by atoms with Crippen LogP contribution in [0.1, 0.15) is 6.42 Å². The van der Waals surface area contributed by atoms with Crippen LogP contribution in [0.4, 0.5) is 11.4 Å². The zero-order chi connectivity index (χ0) is 19.1. The zero-order valence-electron chi connectivity index (χ0n) is 16.1. The minimum Gasteiger partial charge on any atom is -0.491 e. The molecule has 0 aromatic heterocycles. The number of rotatable bonds is 8. The van der Waals surface area contributed by atoms with Crippen LogP contribution in [0.25, 0.3) is 0 Å². The number of halogens is 2. The highest BCUT2D eigenvalue weighted by molar-refractivity contribution is 5.85. The van der Waals surface area contributed by atoms with E-state index >= 15 is 0 Å². The van der Waals surface area contributed by atoms with Gasteiger partial charge in [0.05, 0.1) is 11.0 Å². The zero-order valence-corrected chi connectivity index (χ0v) is 17.7. The summed E-state index contributed by atoms with van der Waals surface area (Å²) in [4.78, 5) is 14.9. The number of para-hydroxylation sites is 1. The van der Waals surface area contributed by atoms with Crippen molar-refractivity contribution in [3.05, 3.63) is 64.7 Å². The van der Waals surface area contributed by atoms with Crippen LogP contribution in [0, 0.1) is 10.1 Å². The summed E-state index contributed by atoms with van der Waals surface area (Å²) in [6.45, 7) is 4.93. The number of hydrogen-bond acceptors (Lipinski definition) is 6. The summed E-state index contributed by atoms with van der Waals surface area (Å²) < 4.78 is 5.52. The van der Waals surface area contributed by atoms with E-state index in [0.717, 1.165) is 32.7 Å². The number of non-ortho nitro benzene ring substituents is 1. The Kier molecular flexibility index (Phi) is 10.8. The highest BCUT2D eigenvalue weighted by Crippen LogP contribution is 2.18. The third-order valence-corrected chi connectivity index (χ3v) is 4.76. The summed E-state index contributed by atoms with van der Waals surface area (Å²) in [5, 5.41) is 20.8. The molecule has 29 heavy (non-hydrogen) atoms. The molecule has 9 heteroatoms. The SMILES string of the molecule is Cl.Cl.O=[N+]([O-])c1ccc(OCC(O)CCN2CCN(c3ccccc3)CC2)cc1. The molecule has 2 aromatic rings.